The van der Waals surface area contributed by atoms with E-state index in [2.05, 4.69) is 31.4 Å². The van der Waals surface area contributed by atoms with Gasteiger partial charge in [0.1, 0.15) is 0 Å². The van der Waals surface area contributed by atoms with E-state index in [9.17, 15) is 9.59 Å². The summed E-state index contributed by atoms with van der Waals surface area (Å²) in [5, 5.41) is 3.94. The van der Waals surface area contributed by atoms with Crippen molar-refractivity contribution >= 4 is 34.0 Å². The Hall–Kier alpha value is -3.52. The number of aromatic nitrogens is 1. The number of nitrogens with one attached hydrogen (secondary N) is 1. The molecule has 30 heavy (non-hydrogen) atoms. The molecule has 0 saturated heterocycles. The second-order valence-electron chi connectivity index (χ2n) is 6.23. The smallest absolute Gasteiger partial charge is 0.343 e. The van der Waals surface area contributed by atoms with Crippen LogP contribution in [-0.4, -0.2) is 30.2 Å². The Morgan fingerprint density at radius 1 is 1.13 bits per heavy atom. The van der Waals surface area contributed by atoms with Gasteiger partial charge in [-0.15, -0.1) is 0 Å². The minimum Gasteiger partial charge on any atom is -0.493 e. The predicted molar refractivity (Wildman–Crippen MR) is 116 cm³/mol. The van der Waals surface area contributed by atoms with Crippen LogP contribution >= 0.6 is 15.9 Å². The minimum atomic E-state index is -0.501. The Morgan fingerprint density at radius 2 is 1.90 bits per heavy atom. The number of aryl methyl sites for hydroxylation is 1. The standard InChI is InChI=1S/C22H18BrN3O4/c1-14-5-7-16(8-6-14)22(28)30-20-18(23)10-15(11-19(20)29-2)12-25-26-21(27)17-4-3-9-24-13-17/h3-13H,1-2H3,(H,26,27). The average molecular weight is 468 g/mol. The molecule has 8 heteroatoms. The molecule has 1 N–H and O–H groups in total. The van der Waals surface area contributed by atoms with Crippen LogP contribution in [0.3, 0.4) is 0 Å². The van der Waals surface area contributed by atoms with E-state index < -0.39 is 5.97 Å². The maximum Gasteiger partial charge on any atom is 0.343 e. The van der Waals surface area contributed by atoms with Crippen LogP contribution in [0.4, 0.5) is 0 Å². The van der Waals surface area contributed by atoms with Crippen molar-refractivity contribution in [3.05, 3.63) is 87.7 Å². The molecule has 2 aromatic carbocycles. The van der Waals surface area contributed by atoms with E-state index in [0.29, 0.717) is 26.9 Å². The third-order valence-electron chi connectivity index (χ3n) is 4.04. The number of methoxy groups -OCH3 is 1. The molecule has 0 bridgehead atoms. The van der Waals surface area contributed by atoms with Crippen LogP contribution < -0.4 is 14.9 Å². The number of rotatable bonds is 6. The molecule has 1 aromatic heterocycles. The minimum absolute atomic E-state index is 0.250. The number of carbonyl (C=O) groups is 2. The van der Waals surface area contributed by atoms with E-state index in [1.807, 2.05) is 19.1 Å². The van der Waals surface area contributed by atoms with Crippen molar-refractivity contribution in [2.45, 2.75) is 6.92 Å². The molecule has 3 aromatic rings. The van der Waals surface area contributed by atoms with Crippen molar-refractivity contribution in [3.63, 3.8) is 0 Å². The fourth-order valence-corrected chi connectivity index (χ4v) is 3.02. The number of nitrogens with zero attached hydrogens (tertiary/aromatic N) is 2. The van der Waals surface area contributed by atoms with Crippen LogP contribution in [0.15, 0.2) is 70.5 Å². The summed E-state index contributed by atoms with van der Waals surface area (Å²) in [5.41, 5.74) is 4.92. The van der Waals surface area contributed by atoms with Crippen molar-refractivity contribution in [2.75, 3.05) is 7.11 Å². The summed E-state index contributed by atoms with van der Waals surface area (Å²) in [6.45, 7) is 1.94. The Morgan fingerprint density at radius 3 is 2.57 bits per heavy atom. The van der Waals surface area contributed by atoms with Gasteiger partial charge in [0.15, 0.2) is 11.5 Å². The lowest BCUT2D eigenvalue weighted by Gasteiger charge is -2.12. The number of benzene rings is 2. The van der Waals surface area contributed by atoms with E-state index in [1.165, 1.54) is 19.5 Å². The number of hydrogen-bond donors (Lipinski definition) is 1. The summed E-state index contributed by atoms with van der Waals surface area (Å²) in [5.74, 6) is -0.294. The molecule has 3 rings (SSSR count). The second kappa shape index (κ2) is 9.80. The number of pyridine rings is 1. The van der Waals surface area contributed by atoms with Crippen molar-refractivity contribution < 1.29 is 19.1 Å². The highest BCUT2D eigenvalue weighted by atomic mass is 79.9. The van der Waals surface area contributed by atoms with Crippen LogP contribution in [0.25, 0.3) is 0 Å². The summed E-state index contributed by atoms with van der Waals surface area (Å²) in [4.78, 5) is 28.3. The summed E-state index contributed by atoms with van der Waals surface area (Å²) < 4.78 is 11.4. The molecule has 0 aliphatic carbocycles. The SMILES string of the molecule is COc1cc(C=NNC(=O)c2cccnc2)cc(Br)c1OC(=O)c1ccc(C)cc1. The maximum atomic E-state index is 12.4. The zero-order valence-corrected chi connectivity index (χ0v) is 17.8. The van der Waals surface area contributed by atoms with Gasteiger partial charge in [0, 0.05) is 12.4 Å². The first-order valence-electron chi connectivity index (χ1n) is 8.87. The third-order valence-corrected chi connectivity index (χ3v) is 4.63. The number of hydrazone groups is 1. The topological polar surface area (TPSA) is 89.9 Å². The number of halogens is 1. The van der Waals surface area contributed by atoms with Gasteiger partial charge in [-0.25, -0.2) is 10.2 Å². The van der Waals surface area contributed by atoms with E-state index in [-0.39, 0.29) is 11.7 Å². The Bertz CT molecular complexity index is 1080. The maximum absolute atomic E-state index is 12.4. The van der Waals surface area contributed by atoms with Crippen LogP contribution in [0.2, 0.25) is 0 Å². The molecule has 0 radical (unpaired) electrons. The molecule has 0 atom stereocenters. The molecule has 152 valence electrons. The predicted octanol–water partition coefficient (Wildman–Crippen LogP) is 4.14. The van der Waals surface area contributed by atoms with E-state index >= 15 is 0 Å². The van der Waals surface area contributed by atoms with Crippen molar-refractivity contribution in [2.24, 2.45) is 5.10 Å². The molecule has 1 amide bonds. The van der Waals surface area contributed by atoms with Gasteiger partial charge in [0.05, 0.1) is 28.9 Å². The monoisotopic (exact) mass is 467 g/mol. The first-order valence-corrected chi connectivity index (χ1v) is 9.67. The summed E-state index contributed by atoms with van der Waals surface area (Å²) in [7, 11) is 1.47. The second-order valence-corrected chi connectivity index (χ2v) is 7.08. The molecule has 0 unspecified atom stereocenters. The molecule has 0 saturated carbocycles. The van der Waals surface area contributed by atoms with Gasteiger partial charge < -0.3 is 9.47 Å². The molecule has 0 aliphatic heterocycles. The molecular formula is C22H18BrN3O4. The first-order chi connectivity index (χ1) is 14.5. The van der Waals surface area contributed by atoms with Crippen LogP contribution in [-0.2, 0) is 0 Å². The van der Waals surface area contributed by atoms with Gasteiger partial charge >= 0.3 is 5.97 Å². The largest absolute Gasteiger partial charge is 0.493 e. The average Bonchev–Trinajstić information content (AvgIpc) is 2.76. The van der Waals surface area contributed by atoms with Gasteiger partial charge in [0.2, 0.25) is 0 Å². The Kier molecular flexibility index (Phi) is 6.92. The van der Waals surface area contributed by atoms with Crippen molar-refractivity contribution in [1.29, 1.82) is 0 Å². The van der Waals surface area contributed by atoms with Gasteiger partial charge in [-0.2, -0.15) is 5.10 Å². The zero-order valence-electron chi connectivity index (χ0n) is 16.3. The van der Waals surface area contributed by atoms with Gasteiger partial charge in [0.25, 0.3) is 5.91 Å². The lowest BCUT2D eigenvalue weighted by molar-refractivity contribution is 0.0728. The highest BCUT2D eigenvalue weighted by Gasteiger charge is 2.16. The molecule has 0 spiro atoms. The van der Waals surface area contributed by atoms with Gasteiger partial charge in [-0.3, -0.25) is 9.78 Å². The fraction of sp³-hybridized carbons (Fsp3) is 0.0909. The molecular weight excluding hydrogens is 450 g/mol. The van der Waals surface area contributed by atoms with Crippen LogP contribution in [0.5, 0.6) is 11.5 Å². The van der Waals surface area contributed by atoms with Gasteiger partial charge in [-0.05, 0) is 64.8 Å². The number of amides is 1. The Labute approximate surface area is 181 Å². The number of hydrogen-bond acceptors (Lipinski definition) is 6. The normalized spacial score (nSPS) is 10.6. The first kappa shape index (κ1) is 21.2. The van der Waals surface area contributed by atoms with E-state index in [0.717, 1.165) is 5.56 Å². The number of ether oxygens (including phenoxy) is 2. The molecule has 0 aliphatic rings. The number of carbonyl (C=O) groups excluding carboxylic acids is 2. The van der Waals surface area contributed by atoms with Crippen molar-refractivity contribution in [1.82, 2.24) is 10.4 Å². The Balaban J connectivity index is 1.74. The van der Waals surface area contributed by atoms with E-state index in [1.54, 1.807) is 42.6 Å². The molecule has 1 heterocycles. The highest BCUT2D eigenvalue weighted by Crippen LogP contribution is 2.36. The summed E-state index contributed by atoms with van der Waals surface area (Å²) in [6.07, 6.45) is 4.48. The molecule has 0 fully saturated rings. The van der Waals surface area contributed by atoms with Crippen molar-refractivity contribution in [3.8, 4) is 11.5 Å². The quantitative estimate of drug-likeness (QED) is 0.254. The van der Waals surface area contributed by atoms with Gasteiger partial charge in [-0.1, -0.05) is 17.7 Å². The fourth-order valence-electron chi connectivity index (χ4n) is 2.48. The lowest BCUT2D eigenvalue weighted by atomic mass is 10.1. The van der Waals surface area contributed by atoms with Crippen LogP contribution in [0, 0.1) is 6.92 Å². The van der Waals surface area contributed by atoms with E-state index in [4.69, 9.17) is 9.47 Å². The summed E-state index contributed by atoms with van der Waals surface area (Å²) >= 11 is 3.39. The lowest BCUT2D eigenvalue weighted by Crippen LogP contribution is -2.17. The summed E-state index contributed by atoms with van der Waals surface area (Å²) in [6, 6.07) is 13.7. The van der Waals surface area contributed by atoms with Crippen LogP contribution in [0.1, 0.15) is 31.8 Å². The molecule has 7 nitrogen and oxygen atoms in total. The zero-order chi connectivity index (χ0) is 21.5. The third kappa shape index (κ3) is 5.30. The highest BCUT2D eigenvalue weighted by molar-refractivity contribution is 9.10. The number of esters is 1.